The van der Waals surface area contributed by atoms with Crippen LogP contribution >= 0.6 is 0 Å². The van der Waals surface area contributed by atoms with Crippen molar-refractivity contribution in [1.82, 2.24) is 0 Å². The van der Waals surface area contributed by atoms with Gasteiger partial charge in [0.1, 0.15) is 29.0 Å². The molecule has 92 heavy (non-hydrogen) atoms. The molecule has 0 heterocycles. The van der Waals surface area contributed by atoms with E-state index in [0.717, 1.165) is 88.9 Å². The van der Waals surface area contributed by atoms with E-state index in [1.165, 1.54) is 167 Å². The zero-order valence-corrected chi connectivity index (χ0v) is 63.6. The SMILES string of the molecule is CCC(C)(C)C(=O)OC(C1CCCCC1)(C1CCCCC1)C1CCCCC1.CCC(C)(C)C(=O)OC1(C)CCCCC1.CCC(C)(C)C(=O)OC12CCC(C)(CC1)CC2.CCC(C)(C)C(=O)OC1CC2CCC1(C)C2(C)C.CCC(C)(C)C(=O)OC1CC2CCC1C2. The minimum Gasteiger partial charge on any atom is -0.462 e. The average Bonchev–Trinajstić information content (AvgIpc) is 1.49. The molecular weight excluding hydrogens is 1140 g/mol. The summed E-state index contributed by atoms with van der Waals surface area (Å²) < 4.78 is 30.1. The molecule has 0 radical (unpaired) electrons. The Morgan fingerprint density at radius 3 is 1.14 bits per heavy atom. The Balaban J connectivity index is 0.000000186. The molecule has 0 amide bonds. The van der Waals surface area contributed by atoms with E-state index >= 15 is 0 Å². The number of carbonyl (C=O) groups excluding carboxylic acids is 5. The van der Waals surface area contributed by atoms with Crippen molar-refractivity contribution in [3.8, 4) is 0 Å². The van der Waals surface area contributed by atoms with Gasteiger partial charge < -0.3 is 23.7 Å². The maximum Gasteiger partial charge on any atom is 0.312 e. The molecule has 6 atom stereocenters. The second-order valence-electron chi connectivity index (χ2n) is 36.8. The molecule has 0 aromatic rings. The number of esters is 5. The number of rotatable bonds is 18. The Morgan fingerprint density at radius 1 is 0.380 bits per heavy atom. The number of hydrogen-bond acceptors (Lipinski definition) is 10. The van der Waals surface area contributed by atoms with Gasteiger partial charge in [0, 0.05) is 5.41 Å². The fourth-order valence-corrected chi connectivity index (χ4v) is 17.7. The fourth-order valence-electron chi connectivity index (χ4n) is 17.7. The van der Waals surface area contributed by atoms with Crippen LogP contribution in [0.15, 0.2) is 0 Å². The van der Waals surface area contributed by atoms with E-state index in [0.29, 0.717) is 34.5 Å². The summed E-state index contributed by atoms with van der Waals surface area (Å²) in [6.07, 6.45) is 45.7. The average molecular weight is 1290 g/mol. The molecule has 11 aliphatic carbocycles. The van der Waals surface area contributed by atoms with Gasteiger partial charge in [-0.1, -0.05) is 127 Å². The van der Waals surface area contributed by atoms with E-state index in [-0.39, 0.29) is 91.3 Å². The Hall–Kier alpha value is -2.65. The molecule has 10 heteroatoms. The summed E-state index contributed by atoms with van der Waals surface area (Å²) >= 11 is 0. The van der Waals surface area contributed by atoms with Crippen LogP contribution in [0.5, 0.6) is 0 Å². The van der Waals surface area contributed by atoms with Crippen LogP contribution in [0.25, 0.3) is 0 Å². The highest BCUT2D eigenvalue weighted by atomic mass is 16.6. The van der Waals surface area contributed by atoms with Crippen molar-refractivity contribution in [3.63, 3.8) is 0 Å². The lowest BCUT2D eigenvalue weighted by molar-refractivity contribution is -0.207. The molecule has 0 aliphatic heterocycles. The van der Waals surface area contributed by atoms with E-state index in [4.69, 9.17) is 23.7 Å². The minimum absolute atomic E-state index is 0.00236. The molecule has 532 valence electrons. The van der Waals surface area contributed by atoms with Crippen molar-refractivity contribution in [1.29, 1.82) is 0 Å². The van der Waals surface area contributed by atoms with Crippen molar-refractivity contribution in [2.45, 2.75) is 411 Å². The predicted octanol–water partition coefficient (Wildman–Crippen LogP) is 22.5. The molecule has 0 saturated heterocycles. The van der Waals surface area contributed by atoms with E-state index in [1.807, 2.05) is 76.2 Å². The normalized spacial score (nSPS) is 30.5. The molecule has 0 aromatic heterocycles. The van der Waals surface area contributed by atoms with E-state index in [1.54, 1.807) is 0 Å². The van der Waals surface area contributed by atoms with E-state index < -0.39 is 0 Å². The third-order valence-corrected chi connectivity index (χ3v) is 28.2. The smallest absolute Gasteiger partial charge is 0.312 e. The van der Waals surface area contributed by atoms with Gasteiger partial charge in [0.05, 0.1) is 27.1 Å². The van der Waals surface area contributed by atoms with Gasteiger partial charge in [-0.05, 0) is 302 Å². The molecule has 0 N–H and O–H groups in total. The van der Waals surface area contributed by atoms with Gasteiger partial charge in [-0.3, -0.25) is 24.0 Å². The van der Waals surface area contributed by atoms with Crippen LogP contribution in [0.4, 0.5) is 0 Å². The Kier molecular flexibility index (Phi) is 27.2. The Morgan fingerprint density at radius 2 is 0.772 bits per heavy atom. The van der Waals surface area contributed by atoms with Crippen molar-refractivity contribution in [3.05, 3.63) is 0 Å². The first-order chi connectivity index (χ1) is 42.9. The summed E-state index contributed by atoms with van der Waals surface area (Å²) in [5.41, 5.74) is -1.10. The highest BCUT2D eigenvalue weighted by Gasteiger charge is 2.63. The number of carbonyl (C=O) groups is 5. The van der Waals surface area contributed by atoms with Crippen LogP contribution in [0.1, 0.15) is 382 Å². The quantitative estimate of drug-likeness (QED) is 0.0965. The molecule has 11 fully saturated rings. The summed E-state index contributed by atoms with van der Waals surface area (Å²) in [6, 6.07) is 0. The summed E-state index contributed by atoms with van der Waals surface area (Å²) in [7, 11) is 0. The van der Waals surface area contributed by atoms with Gasteiger partial charge in [-0.25, -0.2) is 0 Å². The lowest BCUT2D eigenvalue weighted by atomic mass is 9.58. The number of fused-ring (bicyclic) bond motifs is 7. The third kappa shape index (κ3) is 18.8. The van der Waals surface area contributed by atoms with Gasteiger partial charge in [-0.2, -0.15) is 0 Å². The van der Waals surface area contributed by atoms with Crippen molar-refractivity contribution in [2.75, 3.05) is 0 Å². The van der Waals surface area contributed by atoms with Crippen LogP contribution in [0.2, 0.25) is 0 Å². The molecular formula is C82H144O10. The van der Waals surface area contributed by atoms with Gasteiger partial charge in [-0.15, -0.1) is 0 Å². The molecule has 0 aromatic carbocycles. The van der Waals surface area contributed by atoms with Crippen LogP contribution in [-0.2, 0) is 47.7 Å². The zero-order valence-electron chi connectivity index (χ0n) is 63.6. The topological polar surface area (TPSA) is 132 Å². The first-order valence-corrected chi connectivity index (χ1v) is 39.0. The molecule has 11 rings (SSSR count). The molecule has 6 unspecified atom stereocenters. The molecule has 0 spiro atoms. The zero-order chi connectivity index (χ0) is 68.4. The lowest BCUT2D eigenvalue weighted by Crippen LogP contribution is -2.57. The van der Waals surface area contributed by atoms with E-state index in [2.05, 4.69) is 62.3 Å². The predicted molar refractivity (Wildman–Crippen MR) is 376 cm³/mol. The minimum atomic E-state index is -0.358. The molecule has 10 nitrogen and oxygen atoms in total. The first-order valence-electron chi connectivity index (χ1n) is 39.0. The van der Waals surface area contributed by atoms with Crippen molar-refractivity contribution in [2.24, 2.45) is 78.8 Å². The summed E-state index contributed by atoms with van der Waals surface area (Å²) in [5, 5.41) is 0. The van der Waals surface area contributed by atoms with E-state index in [9.17, 15) is 24.0 Å². The Bertz CT molecular complexity index is 2300. The standard InChI is InChI=1S/C25H44O2.C16H28O2.C15H26O2.C13H22O2.C13H24O2/c1-4-24(2,3)23(26)27-25(20-14-8-5-9-15-20,21-16-10-6-11-17-21)22-18-12-7-13-19-22;1-7-14(2,3)13(17)18-12-10-11-8-9-16(12,6)15(11,4)5;1-5-13(2,3)12(16)17-15-9-6-14(4,7-10-15)8-11-15;1-4-13(2,3)12(14)15-11-8-9-5-6-10(11)7-9;1-5-12(2,3)11(14)15-13(4)9-7-6-8-10-13/h20-22H,4-19H2,1-3H3;11-12H,7-10H2,1-6H3;5-11H2,1-4H3;9-11H,4-8H2,1-3H3;5-10H2,1-4H3. The summed E-state index contributed by atoms with van der Waals surface area (Å²) in [6.45, 7) is 41.8. The monoisotopic (exact) mass is 1290 g/mol. The lowest BCUT2D eigenvalue weighted by Gasteiger charge is -2.54. The Labute approximate surface area is 565 Å². The van der Waals surface area contributed by atoms with Gasteiger partial charge in [0.15, 0.2) is 0 Å². The largest absolute Gasteiger partial charge is 0.462 e. The number of hydrogen-bond donors (Lipinski definition) is 0. The summed E-state index contributed by atoms with van der Waals surface area (Å²) in [5.74, 6) is 4.11. The highest BCUT2D eigenvalue weighted by molar-refractivity contribution is 5.78. The van der Waals surface area contributed by atoms with Gasteiger partial charge in [0.2, 0.25) is 0 Å². The van der Waals surface area contributed by atoms with Crippen LogP contribution in [-0.4, -0.2) is 58.9 Å². The van der Waals surface area contributed by atoms with Crippen LogP contribution in [0.3, 0.4) is 0 Å². The van der Waals surface area contributed by atoms with Crippen molar-refractivity contribution < 1.29 is 47.7 Å². The fraction of sp³-hybridized carbons (Fsp3) is 0.939. The maximum absolute atomic E-state index is 13.4. The van der Waals surface area contributed by atoms with Crippen LogP contribution < -0.4 is 0 Å². The number of ether oxygens (including phenoxy) is 5. The maximum atomic E-state index is 13.4. The second-order valence-corrected chi connectivity index (χ2v) is 36.8. The molecule has 11 aliphatic rings. The van der Waals surface area contributed by atoms with Crippen molar-refractivity contribution >= 4 is 29.8 Å². The molecule has 11 saturated carbocycles. The van der Waals surface area contributed by atoms with Gasteiger partial charge >= 0.3 is 29.8 Å². The second kappa shape index (κ2) is 31.9. The highest BCUT2D eigenvalue weighted by Crippen LogP contribution is 2.66. The third-order valence-electron chi connectivity index (χ3n) is 28.2. The first kappa shape index (κ1) is 78.3. The molecule has 6 bridgehead atoms. The van der Waals surface area contributed by atoms with Gasteiger partial charge in [0.25, 0.3) is 0 Å². The summed E-state index contributed by atoms with van der Waals surface area (Å²) in [4.78, 5) is 61.7. The van der Waals surface area contributed by atoms with Crippen LogP contribution in [0, 0.1) is 78.8 Å².